The smallest absolute Gasteiger partial charge is 0.417 e. The van der Waals surface area contributed by atoms with Crippen LogP contribution in [-0.4, -0.2) is 51.9 Å². The molecule has 2 aromatic carbocycles. The molecule has 0 radical (unpaired) electrons. The number of hydrogen-bond acceptors (Lipinski definition) is 5. The Hall–Kier alpha value is -2.59. The van der Waals surface area contributed by atoms with E-state index in [-0.39, 0.29) is 18.0 Å². The molecule has 5 rings (SSSR count). The lowest BCUT2D eigenvalue weighted by Gasteiger charge is -2.43. The Kier molecular flexibility index (Phi) is 6.29. The highest BCUT2D eigenvalue weighted by molar-refractivity contribution is 7.19. The molecule has 3 atom stereocenters. The number of aromatic amines is 1. The lowest BCUT2D eigenvalue weighted by molar-refractivity contribution is -0.136. The van der Waals surface area contributed by atoms with Crippen LogP contribution in [0.4, 0.5) is 13.2 Å². The summed E-state index contributed by atoms with van der Waals surface area (Å²) in [4.78, 5) is 5.78. The molecule has 3 N–H and O–H groups in total. The number of aromatic nitrogens is 1. The van der Waals surface area contributed by atoms with Gasteiger partial charge in [0.15, 0.2) is 0 Å². The minimum Gasteiger partial charge on any atom is -0.490 e. The number of piperidine rings is 1. The van der Waals surface area contributed by atoms with Crippen molar-refractivity contribution in [2.75, 3.05) is 19.7 Å². The van der Waals surface area contributed by atoms with Crippen LogP contribution in [0.15, 0.2) is 54.7 Å². The van der Waals surface area contributed by atoms with Crippen LogP contribution in [0.2, 0.25) is 0 Å². The van der Waals surface area contributed by atoms with Crippen molar-refractivity contribution >= 4 is 32.3 Å². The van der Waals surface area contributed by atoms with Gasteiger partial charge in [-0.05, 0) is 56.2 Å². The average Bonchev–Trinajstić information content (AvgIpc) is 3.46. The number of β-amino-alcohol motifs (C(OH)–C–C–N with tert-alkyl or cyclic N) is 1. The third-order valence-electron chi connectivity index (χ3n) is 6.83. The molecule has 9 heteroatoms. The molecule has 0 spiro atoms. The molecule has 0 saturated carbocycles. The highest BCUT2D eigenvalue weighted by Crippen LogP contribution is 2.44. The molecule has 5 nitrogen and oxygen atoms in total. The van der Waals surface area contributed by atoms with Gasteiger partial charge in [0.2, 0.25) is 0 Å². The molecule has 1 aliphatic rings. The first-order valence-electron chi connectivity index (χ1n) is 11.6. The number of rotatable bonds is 6. The number of halogens is 3. The van der Waals surface area contributed by atoms with Crippen LogP contribution in [0, 0.1) is 0 Å². The summed E-state index contributed by atoms with van der Waals surface area (Å²) >= 11 is 1.22. The number of nitrogens with zero attached hydrogens (tertiary/aromatic N) is 1. The third-order valence-corrected chi connectivity index (χ3v) is 8.12. The Morgan fingerprint density at radius 2 is 2.00 bits per heavy atom. The largest absolute Gasteiger partial charge is 0.490 e. The number of aliphatic hydroxyl groups excluding tert-OH is 1. The molecule has 0 amide bonds. The minimum atomic E-state index is -4.44. The number of likely N-dealkylation sites (tertiary alicyclic amines) is 1. The highest BCUT2D eigenvalue weighted by Gasteiger charge is 2.40. The van der Waals surface area contributed by atoms with E-state index in [9.17, 15) is 23.4 Å². The van der Waals surface area contributed by atoms with E-state index < -0.39 is 23.4 Å². The highest BCUT2D eigenvalue weighted by atomic mass is 32.1. The van der Waals surface area contributed by atoms with E-state index in [1.54, 1.807) is 6.07 Å². The molecular weight excluding hydrogens is 477 g/mol. The molecule has 1 fully saturated rings. The Morgan fingerprint density at radius 3 is 2.77 bits per heavy atom. The first-order chi connectivity index (χ1) is 16.6. The summed E-state index contributed by atoms with van der Waals surface area (Å²) in [7, 11) is 0. The van der Waals surface area contributed by atoms with Gasteiger partial charge in [-0.3, -0.25) is 4.90 Å². The van der Waals surface area contributed by atoms with E-state index in [1.165, 1.54) is 23.5 Å². The fourth-order valence-corrected chi connectivity index (χ4v) is 6.21. The lowest BCUT2D eigenvalue weighted by Crippen LogP contribution is -2.50. The topological polar surface area (TPSA) is 68.7 Å². The molecule has 2 aromatic heterocycles. The fourth-order valence-electron chi connectivity index (χ4n) is 4.99. The second-order valence-corrected chi connectivity index (χ2v) is 10.4. The van der Waals surface area contributed by atoms with E-state index in [1.807, 2.05) is 37.4 Å². The first-order valence-corrected chi connectivity index (χ1v) is 12.4. The molecule has 1 aliphatic heterocycles. The van der Waals surface area contributed by atoms with Crippen molar-refractivity contribution in [2.45, 2.75) is 43.7 Å². The van der Waals surface area contributed by atoms with Gasteiger partial charge < -0.3 is 19.9 Å². The summed E-state index contributed by atoms with van der Waals surface area (Å²) < 4.78 is 46.7. The van der Waals surface area contributed by atoms with Gasteiger partial charge in [-0.25, -0.2) is 0 Å². The number of aliphatic hydroxyl groups is 2. The van der Waals surface area contributed by atoms with Gasteiger partial charge in [-0.2, -0.15) is 13.2 Å². The number of H-pyrrole nitrogens is 1. The van der Waals surface area contributed by atoms with Gasteiger partial charge >= 0.3 is 6.18 Å². The molecule has 3 heterocycles. The Balaban J connectivity index is 1.24. The summed E-state index contributed by atoms with van der Waals surface area (Å²) in [5.74, 6) is 0.701. The van der Waals surface area contributed by atoms with E-state index in [0.717, 1.165) is 17.0 Å². The first kappa shape index (κ1) is 24.1. The number of hydrogen-bond donors (Lipinski definition) is 3. The van der Waals surface area contributed by atoms with Gasteiger partial charge in [0.05, 0.1) is 5.56 Å². The minimum absolute atomic E-state index is 0.0659. The predicted octanol–water partition coefficient (Wildman–Crippen LogP) is 5.51. The van der Waals surface area contributed by atoms with Crippen LogP contribution in [-0.2, 0) is 11.8 Å². The van der Waals surface area contributed by atoms with Crippen LogP contribution < -0.4 is 4.74 Å². The van der Waals surface area contributed by atoms with Crippen LogP contribution in [0.1, 0.15) is 30.2 Å². The number of alkyl halides is 3. The number of benzene rings is 2. The third kappa shape index (κ3) is 4.78. The Morgan fingerprint density at radius 1 is 1.20 bits per heavy atom. The number of ether oxygens (including phenoxy) is 1. The van der Waals surface area contributed by atoms with E-state index in [4.69, 9.17) is 4.74 Å². The second-order valence-electron chi connectivity index (χ2n) is 9.32. The maximum absolute atomic E-state index is 13.4. The van der Waals surface area contributed by atoms with E-state index in [2.05, 4.69) is 9.88 Å². The molecule has 0 bridgehead atoms. The van der Waals surface area contributed by atoms with Crippen LogP contribution in [0.3, 0.4) is 0 Å². The standard InChI is InChI=1S/C26H27F3N2O3S/c1-16-13-25(33,24-12-19-20(26(27,28)29)4-2-7-23(19)35-24)9-11-31(16)14-17(32)15-34-22-6-3-5-21-18(22)8-10-30-21/h2-8,10,12,16-17,30,32-33H,9,11,13-15H2,1H3/t16-,17-,25+/m0/s1. The lowest BCUT2D eigenvalue weighted by atomic mass is 9.85. The molecule has 1 saturated heterocycles. The summed E-state index contributed by atoms with van der Waals surface area (Å²) in [5, 5.41) is 23.1. The zero-order chi connectivity index (χ0) is 24.8. The van der Waals surface area contributed by atoms with Crippen molar-refractivity contribution in [2.24, 2.45) is 0 Å². The summed E-state index contributed by atoms with van der Waals surface area (Å²) in [6.07, 6.45) is -2.58. The quantitative estimate of drug-likeness (QED) is 0.324. The van der Waals surface area contributed by atoms with Crippen molar-refractivity contribution in [1.29, 1.82) is 0 Å². The summed E-state index contributed by atoms with van der Waals surface area (Å²) in [6.45, 7) is 2.99. The van der Waals surface area contributed by atoms with Gasteiger partial charge in [0, 0.05) is 51.2 Å². The maximum atomic E-state index is 13.4. The molecule has 0 unspecified atom stereocenters. The number of nitrogens with one attached hydrogen (secondary N) is 1. The van der Waals surface area contributed by atoms with Crippen molar-refractivity contribution in [3.05, 3.63) is 65.2 Å². The van der Waals surface area contributed by atoms with Crippen molar-refractivity contribution < 1.29 is 28.1 Å². The second kappa shape index (κ2) is 9.13. The maximum Gasteiger partial charge on any atom is 0.417 e. The van der Waals surface area contributed by atoms with Crippen LogP contribution >= 0.6 is 11.3 Å². The van der Waals surface area contributed by atoms with Crippen molar-refractivity contribution in [3.63, 3.8) is 0 Å². The molecule has 0 aliphatic carbocycles. The molecular formula is C26H27F3N2O3S. The van der Waals surface area contributed by atoms with Crippen molar-refractivity contribution in [1.82, 2.24) is 9.88 Å². The normalized spacial score (nSPS) is 22.6. The molecule has 35 heavy (non-hydrogen) atoms. The van der Waals surface area contributed by atoms with Crippen LogP contribution in [0.5, 0.6) is 5.75 Å². The average molecular weight is 505 g/mol. The molecule has 4 aromatic rings. The number of thiophene rings is 1. The van der Waals surface area contributed by atoms with Gasteiger partial charge in [-0.15, -0.1) is 11.3 Å². The fraction of sp³-hybridized carbons (Fsp3) is 0.385. The Bertz CT molecular complexity index is 1330. The summed E-state index contributed by atoms with van der Waals surface area (Å²) in [6, 6.07) is 13.2. The van der Waals surface area contributed by atoms with Crippen molar-refractivity contribution in [3.8, 4) is 5.75 Å². The van der Waals surface area contributed by atoms with Crippen LogP contribution in [0.25, 0.3) is 21.0 Å². The SMILES string of the molecule is C[C@H]1C[C@@](O)(c2cc3c(C(F)(F)F)cccc3s2)CCN1C[C@H](O)COc1cccc2[nH]ccc12. The Labute approximate surface area is 204 Å². The summed E-state index contributed by atoms with van der Waals surface area (Å²) in [5.41, 5.74) is -0.914. The van der Waals surface area contributed by atoms with Gasteiger partial charge in [0.1, 0.15) is 24.1 Å². The zero-order valence-electron chi connectivity index (χ0n) is 19.2. The monoisotopic (exact) mass is 504 g/mol. The van der Waals surface area contributed by atoms with Gasteiger partial charge in [-0.1, -0.05) is 12.1 Å². The van der Waals surface area contributed by atoms with E-state index >= 15 is 0 Å². The predicted molar refractivity (Wildman–Crippen MR) is 131 cm³/mol. The van der Waals surface area contributed by atoms with Gasteiger partial charge in [0.25, 0.3) is 0 Å². The zero-order valence-corrected chi connectivity index (χ0v) is 20.0. The number of fused-ring (bicyclic) bond motifs is 2. The molecule has 186 valence electrons. The van der Waals surface area contributed by atoms with E-state index in [0.29, 0.717) is 41.3 Å².